The highest BCUT2D eigenvalue weighted by atomic mass is 16.7. The minimum absolute atomic E-state index is 0.133. The zero-order valence-electron chi connectivity index (χ0n) is 8.14. The number of amides is 1. The molecule has 1 aliphatic rings. The lowest BCUT2D eigenvalue weighted by Crippen LogP contribution is -2.36. The van der Waals surface area contributed by atoms with Crippen molar-refractivity contribution in [3.05, 3.63) is 42.1 Å². The summed E-state index contributed by atoms with van der Waals surface area (Å²) in [6.45, 7) is 0. The highest BCUT2D eigenvalue weighted by Gasteiger charge is 2.27. The molecule has 0 radical (unpaired) electrons. The molecule has 0 saturated heterocycles. The molecule has 0 spiro atoms. The Morgan fingerprint density at radius 3 is 3.07 bits per heavy atom. The quantitative estimate of drug-likeness (QED) is 0.757. The van der Waals surface area contributed by atoms with E-state index in [1.807, 2.05) is 24.3 Å². The molecule has 3 N–H and O–H groups in total. The van der Waals surface area contributed by atoms with Crippen LogP contribution in [0.2, 0.25) is 0 Å². The molecule has 0 bridgehead atoms. The first-order valence-electron chi connectivity index (χ1n) is 4.75. The van der Waals surface area contributed by atoms with Crippen LogP contribution in [0.3, 0.4) is 0 Å². The Bertz CT molecular complexity index is 401. The summed E-state index contributed by atoms with van der Waals surface area (Å²) in [7, 11) is 0. The summed E-state index contributed by atoms with van der Waals surface area (Å²) in [5, 5.41) is 0. The second-order valence-corrected chi connectivity index (χ2v) is 3.32. The molecular weight excluding hydrogens is 192 g/mol. The van der Waals surface area contributed by atoms with E-state index in [4.69, 9.17) is 10.6 Å². The lowest BCUT2D eigenvalue weighted by molar-refractivity contribution is -0.130. The van der Waals surface area contributed by atoms with E-state index in [2.05, 4.69) is 5.48 Å². The van der Waals surface area contributed by atoms with Crippen LogP contribution in [0, 0.1) is 0 Å². The summed E-state index contributed by atoms with van der Waals surface area (Å²) in [6.07, 6.45) is 3.81. The third-order valence-corrected chi connectivity index (χ3v) is 2.38. The van der Waals surface area contributed by atoms with E-state index in [1.54, 1.807) is 6.08 Å². The van der Waals surface area contributed by atoms with Gasteiger partial charge in [0.25, 0.3) is 5.91 Å². The maximum atomic E-state index is 11.6. The Kier molecular flexibility index (Phi) is 2.58. The van der Waals surface area contributed by atoms with Gasteiger partial charge in [-0.3, -0.25) is 4.79 Å². The number of carbonyl (C=O) groups excluding carboxylic acids is 1. The van der Waals surface area contributed by atoms with E-state index in [-0.39, 0.29) is 11.8 Å². The van der Waals surface area contributed by atoms with Crippen LogP contribution < -0.4 is 16.1 Å². The van der Waals surface area contributed by atoms with Crippen LogP contribution in [-0.2, 0) is 4.79 Å². The lowest BCUT2D eigenvalue weighted by atomic mass is 9.93. The Labute approximate surface area is 87.7 Å². The SMILES string of the molecule is NC=CCC1C(=O)NOc2ccccc21. The Morgan fingerprint density at radius 1 is 1.47 bits per heavy atom. The Morgan fingerprint density at radius 2 is 2.27 bits per heavy atom. The average Bonchev–Trinajstić information content (AvgIpc) is 2.28. The van der Waals surface area contributed by atoms with Crippen molar-refractivity contribution in [2.45, 2.75) is 12.3 Å². The van der Waals surface area contributed by atoms with E-state index in [1.165, 1.54) is 6.20 Å². The molecule has 0 fully saturated rings. The number of hydrogen-bond acceptors (Lipinski definition) is 3. The standard InChI is InChI=1S/C11H12N2O2/c12-7-3-5-9-8-4-1-2-6-10(8)15-13-11(9)14/h1-4,6-7,9H,5,12H2,(H,13,14). The van der Waals surface area contributed by atoms with Crippen LogP contribution in [0.25, 0.3) is 0 Å². The van der Waals surface area contributed by atoms with Gasteiger partial charge in [0.2, 0.25) is 0 Å². The van der Waals surface area contributed by atoms with Gasteiger partial charge in [0.05, 0.1) is 5.92 Å². The first kappa shape index (κ1) is 9.58. The summed E-state index contributed by atoms with van der Waals surface area (Å²) >= 11 is 0. The number of rotatable bonds is 2. The van der Waals surface area contributed by atoms with E-state index in [0.29, 0.717) is 12.2 Å². The van der Waals surface area contributed by atoms with Gasteiger partial charge in [-0.25, -0.2) is 0 Å². The van der Waals surface area contributed by atoms with Crippen LogP contribution in [0.5, 0.6) is 5.75 Å². The van der Waals surface area contributed by atoms with Crippen molar-refractivity contribution in [2.24, 2.45) is 5.73 Å². The molecule has 1 aliphatic heterocycles. The first-order valence-corrected chi connectivity index (χ1v) is 4.75. The zero-order valence-corrected chi connectivity index (χ0v) is 8.14. The lowest BCUT2D eigenvalue weighted by Gasteiger charge is -2.23. The number of allylic oxidation sites excluding steroid dienone is 1. The van der Waals surface area contributed by atoms with Crippen molar-refractivity contribution in [2.75, 3.05) is 0 Å². The third-order valence-electron chi connectivity index (χ3n) is 2.38. The molecule has 1 unspecified atom stereocenters. The highest BCUT2D eigenvalue weighted by Crippen LogP contribution is 2.31. The fraction of sp³-hybridized carbons (Fsp3) is 0.182. The van der Waals surface area contributed by atoms with Crippen molar-refractivity contribution in [3.63, 3.8) is 0 Å². The molecule has 1 heterocycles. The number of nitrogens with one attached hydrogen (secondary N) is 1. The predicted molar refractivity (Wildman–Crippen MR) is 55.9 cm³/mol. The molecule has 1 atom stereocenters. The van der Waals surface area contributed by atoms with E-state index >= 15 is 0 Å². The fourth-order valence-corrected chi connectivity index (χ4v) is 1.63. The van der Waals surface area contributed by atoms with Gasteiger partial charge in [-0.1, -0.05) is 24.3 Å². The topological polar surface area (TPSA) is 64.4 Å². The van der Waals surface area contributed by atoms with Gasteiger partial charge >= 0.3 is 0 Å². The average molecular weight is 204 g/mol. The van der Waals surface area contributed by atoms with Crippen LogP contribution in [0.1, 0.15) is 17.9 Å². The van der Waals surface area contributed by atoms with Crippen LogP contribution in [0.4, 0.5) is 0 Å². The largest absolute Gasteiger partial charge is 0.405 e. The summed E-state index contributed by atoms with van der Waals surface area (Å²) in [4.78, 5) is 16.6. The summed E-state index contributed by atoms with van der Waals surface area (Å²) in [5.41, 5.74) is 8.55. The van der Waals surface area contributed by atoms with Gasteiger partial charge in [0.15, 0.2) is 5.75 Å². The van der Waals surface area contributed by atoms with Crippen molar-refractivity contribution >= 4 is 5.91 Å². The molecule has 4 nitrogen and oxygen atoms in total. The molecule has 4 heteroatoms. The van der Waals surface area contributed by atoms with Crippen molar-refractivity contribution in [1.82, 2.24) is 5.48 Å². The summed E-state index contributed by atoms with van der Waals surface area (Å²) < 4.78 is 0. The molecule has 0 aromatic heterocycles. The van der Waals surface area contributed by atoms with Crippen molar-refractivity contribution in [1.29, 1.82) is 0 Å². The normalized spacial score (nSPS) is 19.5. The second kappa shape index (κ2) is 4.04. The summed E-state index contributed by atoms with van der Waals surface area (Å²) in [5.74, 6) is 0.356. The van der Waals surface area contributed by atoms with Gasteiger partial charge < -0.3 is 10.6 Å². The van der Waals surface area contributed by atoms with Crippen molar-refractivity contribution < 1.29 is 9.63 Å². The van der Waals surface area contributed by atoms with Crippen LogP contribution >= 0.6 is 0 Å². The number of carbonyl (C=O) groups is 1. The number of nitrogens with two attached hydrogens (primary N) is 1. The molecule has 0 saturated carbocycles. The van der Waals surface area contributed by atoms with E-state index in [0.717, 1.165) is 5.56 Å². The zero-order chi connectivity index (χ0) is 10.7. The minimum Gasteiger partial charge on any atom is -0.405 e. The maximum Gasteiger partial charge on any atom is 0.260 e. The molecule has 1 aromatic rings. The number of hydrogen-bond donors (Lipinski definition) is 2. The maximum absolute atomic E-state index is 11.6. The van der Waals surface area contributed by atoms with Crippen molar-refractivity contribution in [3.8, 4) is 5.75 Å². The highest BCUT2D eigenvalue weighted by molar-refractivity contribution is 5.85. The third kappa shape index (κ3) is 1.79. The van der Waals surface area contributed by atoms with Gasteiger partial charge in [-0.15, -0.1) is 0 Å². The Balaban J connectivity index is 2.32. The number of hydroxylamine groups is 1. The molecular formula is C11H12N2O2. The van der Waals surface area contributed by atoms with Gasteiger partial charge in [-0.2, -0.15) is 5.48 Å². The van der Waals surface area contributed by atoms with Gasteiger partial charge in [0, 0.05) is 5.56 Å². The first-order chi connectivity index (χ1) is 7.33. The molecule has 15 heavy (non-hydrogen) atoms. The predicted octanol–water partition coefficient (Wildman–Crippen LogP) is 1.06. The second-order valence-electron chi connectivity index (χ2n) is 3.32. The van der Waals surface area contributed by atoms with Crippen LogP contribution in [-0.4, -0.2) is 5.91 Å². The molecule has 1 aromatic carbocycles. The smallest absolute Gasteiger partial charge is 0.260 e. The van der Waals surface area contributed by atoms with E-state index in [9.17, 15) is 4.79 Å². The number of para-hydroxylation sites is 1. The summed E-state index contributed by atoms with van der Waals surface area (Å²) in [6, 6.07) is 7.48. The van der Waals surface area contributed by atoms with Crippen LogP contribution in [0.15, 0.2) is 36.5 Å². The monoisotopic (exact) mass is 204 g/mol. The fourth-order valence-electron chi connectivity index (χ4n) is 1.63. The molecule has 0 aliphatic carbocycles. The minimum atomic E-state index is -0.213. The van der Waals surface area contributed by atoms with E-state index < -0.39 is 0 Å². The van der Waals surface area contributed by atoms with Gasteiger partial charge in [0.1, 0.15) is 0 Å². The molecule has 78 valence electrons. The molecule has 2 rings (SSSR count). The van der Waals surface area contributed by atoms with Gasteiger partial charge in [-0.05, 0) is 18.7 Å². The number of fused-ring (bicyclic) bond motifs is 1. The number of benzene rings is 1. The Hall–Kier alpha value is -1.97. The molecule has 1 amide bonds.